The molecule has 0 spiro atoms. The average Bonchev–Trinajstić information content (AvgIpc) is 2.04. The third-order valence-electron chi connectivity index (χ3n) is 0.957. The largest absolute Gasteiger partial charge is 0.397 e. The molecule has 0 fully saturated rings. The summed E-state index contributed by atoms with van der Waals surface area (Å²) in [5.74, 6) is 0. The van der Waals surface area contributed by atoms with Crippen LogP contribution in [0.3, 0.4) is 0 Å². The summed E-state index contributed by atoms with van der Waals surface area (Å²) in [6.07, 6.45) is 5.54. The Morgan fingerprint density at radius 2 is 0.833 bits per heavy atom. The molecule has 0 rings (SSSR count). The van der Waals surface area contributed by atoms with E-state index in [1.807, 2.05) is 0 Å². The zero-order valence-corrected chi connectivity index (χ0v) is 9.14. The van der Waals surface area contributed by atoms with Crippen molar-refractivity contribution in [2.75, 3.05) is 13.2 Å². The summed E-state index contributed by atoms with van der Waals surface area (Å²) in [6.45, 7) is 8.32. The van der Waals surface area contributed by atoms with Gasteiger partial charge in [-0.3, -0.25) is 0 Å². The van der Waals surface area contributed by atoms with Crippen LogP contribution in [-0.4, -0.2) is 23.4 Å². The van der Waals surface area contributed by atoms with Gasteiger partial charge in [-0.15, -0.1) is 0 Å². The minimum absolute atomic E-state index is 0.250. The number of aliphatic hydroxyl groups is 2. The molecule has 2 N–H and O–H groups in total. The number of rotatable bonds is 3. The smallest absolute Gasteiger partial charge is 0.0402 e. The number of hydrogen-bond acceptors (Lipinski definition) is 2. The van der Waals surface area contributed by atoms with Crippen LogP contribution in [0, 0.1) is 0 Å². The molecule has 0 aromatic rings. The summed E-state index contributed by atoms with van der Waals surface area (Å²) in [5, 5.41) is 15.1. The lowest BCUT2D eigenvalue weighted by Crippen LogP contribution is -1.66. The Labute approximate surface area is 77.6 Å². The van der Waals surface area contributed by atoms with Gasteiger partial charge < -0.3 is 10.2 Å². The van der Waals surface area contributed by atoms with Crippen LogP contribution < -0.4 is 0 Å². The fraction of sp³-hybridized carbons (Fsp3) is 1.00. The van der Waals surface area contributed by atoms with E-state index >= 15 is 0 Å². The first kappa shape index (κ1) is 17.9. The van der Waals surface area contributed by atoms with Crippen LogP contribution >= 0.6 is 0 Å². The van der Waals surface area contributed by atoms with Gasteiger partial charge in [-0.05, 0) is 13.8 Å². The lowest BCUT2D eigenvalue weighted by molar-refractivity contribution is 0.318. The van der Waals surface area contributed by atoms with Gasteiger partial charge in [0.25, 0.3) is 0 Å². The van der Waals surface area contributed by atoms with Crippen molar-refractivity contribution >= 4 is 0 Å². The molecule has 0 radical (unpaired) electrons. The molecule has 0 aliphatic heterocycles. The monoisotopic (exact) mass is 178 g/mol. The van der Waals surface area contributed by atoms with Crippen molar-refractivity contribution in [2.45, 2.75) is 53.4 Å². The number of aliphatic hydroxyl groups excluding tert-OH is 2. The van der Waals surface area contributed by atoms with Crippen LogP contribution in [0.25, 0.3) is 0 Å². The average molecular weight is 178 g/mol. The fourth-order valence-electron chi connectivity index (χ4n) is 0.500. The zero-order chi connectivity index (χ0) is 10.2. The van der Waals surface area contributed by atoms with E-state index in [0.29, 0.717) is 0 Å². The topological polar surface area (TPSA) is 40.5 Å². The van der Waals surface area contributed by atoms with E-state index in [1.165, 1.54) is 25.7 Å². The van der Waals surface area contributed by atoms with E-state index in [9.17, 15) is 0 Å². The predicted octanol–water partition coefficient (Wildman–Crippen LogP) is 2.58. The van der Waals surface area contributed by atoms with Crippen molar-refractivity contribution in [1.82, 2.24) is 0 Å². The quantitative estimate of drug-likeness (QED) is 0.652. The van der Waals surface area contributed by atoms with Crippen molar-refractivity contribution in [3.05, 3.63) is 0 Å². The van der Waals surface area contributed by atoms with Crippen molar-refractivity contribution in [3.63, 3.8) is 0 Å². The van der Waals surface area contributed by atoms with Gasteiger partial charge in [0, 0.05) is 13.2 Å². The molecular formula is C10H26O2. The Bertz CT molecular complexity index is 32.8. The van der Waals surface area contributed by atoms with E-state index in [2.05, 4.69) is 13.8 Å². The van der Waals surface area contributed by atoms with Crippen molar-refractivity contribution in [1.29, 1.82) is 0 Å². The SMILES string of the molecule is CCCCCC.CCO.CCO. The highest BCUT2D eigenvalue weighted by atomic mass is 16.3. The van der Waals surface area contributed by atoms with Gasteiger partial charge in [-0.25, -0.2) is 0 Å². The molecule has 0 aliphatic carbocycles. The molecule has 78 valence electrons. The minimum Gasteiger partial charge on any atom is -0.397 e. The van der Waals surface area contributed by atoms with E-state index in [-0.39, 0.29) is 13.2 Å². The summed E-state index contributed by atoms with van der Waals surface area (Å²) in [4.78, 5) is 0. The minimum atomic E-state index is 0.250. The van der Waals surface area contributed by atoms with Gasteiger partial charge in [-0.2, -0.15) is 0 Å². The molecule has 2 heteroatoms. The lowest BCUT2D eigenvalue weighted by atomic mass is 10.2. The second-order valence-corrected chi connectivity index (χ2v) is 2.34. The molecule has 0 saturated heterocycles. The zero-order valence-electron chi connectivity index (χ0n) is 9.14. The lowest BCUT2D eigenvalue weighted by Gasteiger charge is -1.86. The molecular weight excluding hydrogens is 152 g/mol. The Morgan fingerprint density at radius 3 is 0.917 bits per heavy atom. The summed E-state index contributed by atoms with van der Waals surface area (Å²) >= 11 is 0. The maximum absolute atomic E-state index is 7.57. The highest BCUT2D eigenvalue weighted by Crippen LogP contribution is 1.95. The van der Waals surface area contributed by atoms with Gasteiger partial charge >= 0.3 is 0 Å². The molecule has 0 amide bonds. The normalized spacial score (nSPS) is 7.50. The standard InChI is InChI=1S/C6H14.2C2H6O/c1-3-5-6-4-2;2*1-2-3/h3-6H2,1-2H3;2*3H,2H2,1H3. The molecule has 0 aromatic heterocycles. The molecule has 0 unspecified atom stereocenters. The van der Waals surface area contributed by atoms with Crippen LogP contribution in [0.5, 0.6) is 0 Å². The van der Waals surface area contributed by atoms with Crippen LogP contribution in [0.2, 0.25) is 0 Å². The van der Waals surface area contributed by atoms with Gasteiger partial charge in [-0.1, -0.05) is 39.5 Å². The summed E-state index contributed by atoms with van der Waals surface area (Å²) in [6, 6.07) is 0. The molecule has 12 heavy (non-hydrogen) atoms. The Morgan fingerprint density at radius 1 is 0.667 bits per heavy atom. The molecule has 0 bridgehead atoms. The van der Waals surface area contributed by atoms with Crippen LogP contribution in [0.15, 0.2) is 0 Å². The maximum atomic E-state index is 7.57. The van der Waals surface area contributed by atoms with Crippen molar-refractivity contribution < 1.29 is 10.2 Å². The van der Waals surface area contributed by atoms with Gasteiger partial charge in [0.2, 0.25) is 0 Å². The van der Waals surface area contributed by atoms with Crippen LogP contribution in [0.1, 0.15) is 53.4 Å². The molecule has 0 atom stereocenters. The van der Waals surface area contributed by atoms with Gasteiger partial charge in [0.1, 0.15) is 0 Å². The summed E-state index contributed by atoms with van der Waals surface area (Å²) < 4.78 is 0. The molecule has 0 aromatic carbocycles. The van der Waals surface area contributed by atoms with Crippen molar-refractivity contribution in [2.24, 2.45) is 0 Å². The highest BCUT2D eigenvalue weighted by molar-refractivity contribution is 4.31. The Balaban J connectivity index is -0.000000115. The van der Waals surface area contributed by atoms with E-state index in [1.54, 1.807) is 13.8 Å². The summed E-state index contributed by atoms with van der Waals surface area (Å²) in [5.41, 5.74) is 0. The first-order valence-electron chi connectivity index (χ1n) is 4.96. The third-order valence-corrected chi connectivity index (χ3v) is 0.957. The van der Waals surface area contributed by atoms with Gasteiger partial charge in [0.15, 0.2) is 0 Å². The number of hydrogen-bond donors (Lipinski definition) is 2. The first-order valence-corrected chi connectivity index (χ1v) is 4.96. The van der Waals surface area contributed by atoms with E-state index in [0.717, 1.165) is 0 Å². The van der Waals surface area contributed by atoms with Gasteiger partial charge in [0.05, 0.1) is 0 Å². The second kappa shape index (κ2) is 30.7. The van der Waals surface area contributed by atoms with Crippen LogP contribution in [0.4, 0.5) is 0 Å². The molecule has 0 aliphatic rings. The Hall–Kier alpha value is -0.0800. The van der Waals surface area contributed by atoms with Crippen LogP contribution in [-0.2, 0) is 0 Å². The van der Waals surface area contributed by atoms with E-state index < -0.39 is 0 Å². The first-order chi connectivity index (χ1) is 5.74. The molecule has 2 nitrogen and oxygen atoms in total. The van der Waals surface area contributed by atoms with E-state index in [4.69, 9.17) is 10.2 Å². The number of unbranched alkanes of at least 4 members (excludes halogenated alkanes) is 3. The van der Waals surface area contributed by atoms with Crippen molar-refractivity contribution in [3.8, 4) is 0 Å². The maximum Gasteiger partial charge on any atom is 0.0402 e. The predicted molar refractivity (Wildman–Crippen MR) is 55.3 cm³/mol. The Kier molecular flexibility index (Phi) is 45.6. The fourth-order valence-corrected chi connectivity index (χ4v) is 0.500. The second-order valence-electron chi connectivity index (χ2n) is 2.34. The highest BCUT2D eigenvalue weighted by Gasteiger charge is 1.75. The molecule has 0 heterocycles. The summed E-state index contributed by atoms with van der Waals surface area (Å²) in [7, 11) is 0. The molecule has 0 saturated carbocycles. The third kappa shape index (κ3) is 92.6.